The van der Waals surface area contributed by atoms with Gasteiger partial charge in [-0.3, -0.25) is 14.5 Å². The number of hydrogen-bond donors (Lipinski definition) is 1. The molecule has 0 unspecified atom stereocenters. The standard InChI is InChI=1S/C13H26N2O4/c1-4-15(8-10-18-3)9-11-19-13(17)6-5-7-14-12(2)16/h4-11H2,1-3H3,(H,14,16). The van der Waals surface area contributed by atoms with E-state index >= 15 is 0 Å². The van der Waals surface area contributed by atoms with Gasteiger partial charge in [-0.05, 0) is 13.0 Å². The molecule has 0 aromatic carbocycles. The first kappa shape index (κ1) is 17.9. The highest BCUT2D eigenvalue weighted by Crippen LogP contribution is 1.94. The van der Waals surface area contributed by atoms with Gasteiger partial charge in [-0.15, -0.1) is 0 Å². The Kier molecular flexibility index (Phi) is 11.2. The molecular weight excluding hydrogens is 248 g/mol. The number of likely N-dealkylation sites (N-methyl/N-ethyl adjacent to an activating group) is 1. The maximum Gasteiger partial charge on any atom is 0.305 e. The summed E-state index contributed by atoms with van der Waals surface area (Å²) in [6.45, 7) is 7.57. The number of amides is 1. The summed E-state index contributed by atoms with van der Waals surface area (Å²) in [5, 5.41) is 2.64. The van der Waals surface area contributed by atoms with Crippen molar-refractivity contribution in [1.29, 1.82) is 0 Å². The Balaban J connectivity index is 3.52. The van der Waals surface area contributed by atoms with E-state index in [0.29, 0.717) is 32.6 Å². The van der Waals surface area contributed by atoms with Crippen molar-refractivity contribution in [2.75, 3.05) is 46.5 Å². The fraction of sp³-hybridized carbons (Fsp3) is 0.846. The van der Waals surface area contributed by atoms with Gasteiger partial charge in [0.2, 0.25) is 5.91 Å². The van der Waals surface area contributed by atoms with Gasteiger partial charge in [0.05, 0.1) is 6.61 Å². The van der Waals surface area contributed by atoms with Gasteiger partial charge in [0.1, 0.15) is 6.61 Å². The van der Waals surface area contributed by atoms with Gasteiger partial charge < -0.3 is 14.8 Å². The van der Waals surface area contributed by atoms with Crippen LogP contribution in [0.25, 0.3) is 0 Å². The van der Waals surface area contributed by atoms with Crippen LogP contribution in [0.2, 0.25) is 0 Å². The van der Waals surface area contributed by atoms with Crippen LogP contribution in [-0.2, 0) is 19.1 Å². The molecule has 6 heteroatoms. The first-order valence-electron chi connectivity index (χ1n) is 6.71. The minimum Gasteiger partial charge on any atom is -0.464 e. The number of carbonyl (C=O) groups is 2. The third-order valence-corrected chi connectivity index (χ3v) is 2.66. The second-order valence-corrected chi connectivity index (χ2v) is 4.23. The molecule has 0 aliphatic heterocycles. The Bertz CT molecular complexity index is 259. The number of rotatable bonds is 11. The number of ether oxygens (including phenoxy) is 2. The lowest BCUT2D eigenvalue weighted by Crippen LogP contribution is -2.31. The van der Waals surface area contributed by atoms with Crippen molar-refractivity contribution in [2.24, 2.45) is 0 Å². The number of nitrogens with one attached hydrogen (secondary N) is 1. The van der Waals surface area contributed by atoms with Crippen LogP contribution < -0.4 is 5.32 Å². The molecule has 0 aromatic rings. The van der Waals surface area contributed by atoms with Gasteiger partial charge in [-0.1, -0.05) is 6.92 Å². The lowest BCUT2D eigenvalue weighted by Gasteiger charge is -2.19. The average Bonchev–Trinajstić information content (AvgIpc) is 2.38. The van der Waals surface area contributed by atoms with E-state index in [4.69, 9.17) is 9.47 Å². The lowest BCUT2D eigenvalue weighted by atomic mass is 10.3. The molecule has 0 aliphatic rings. The highest BCUT2D eigenvalue weighted by molar-refractivity contribution is 5.73. The van der Waals surface area contributed by atoms with Crippen molar-refractivity contribution in [1.82, 2.24) is 10.2 Å². The van der Waals surface area contributed by atoms with Crippen LogP contribution in [0.1, 0.15) is 26.7 Å². The zero-order chi connectivity index (χ0) is 14.5. The predicted molar refractivity (Wildman–Crippen MR) is 72.9 cm³/mol. The Morgan fingerprint density at radius 3 is 2.47 bits per heavy atom. The summed E-state index contributed by atoms with van der Waals surface area (Å²) in [5.74, 6) is -0.293. The maximum absolute atomic E-state index is 11.4. The molecule has 0 aliphatic carbocycles. The molecule has 0 atom stereocenters. The van der Waals surface area contributed by atoms with Crippen LogP contribution in [0.4, 0.5) is 0 Å². The van der Waals surface area contributed by atoms with Crippen molar-refractivity contribution in [3.8, 4) is 0 Å². The van der Waals surface area contributed by atoms with E-state index in [-0.39, 0.29) is 11.9 Å². The Morgan fingerprint density at radius 2 is 1.89 bits per heavy atom. The number of carbonyl (C=O) groups excluding carboxylic acids is 2. The Hall–Kier alpha value is -1.14. The molecule has 0 saturated carbocycles. The number of esters is 1. The summed E-state index contributed by atoms with van der Waals surface area (Å²) < 4.78 is 10.1. The van der Waals surface area contributed by atoms with E-state index in [1.165, 1.54) is 6.92 Å². The van der Waals surface area contributed by atoms with Crippen LogP contribution in [0, 0.1) is 0 Å². The summed E-state index contributed by atoms with van der Waals surface area (Å²) >= 11 is 0. The van der Waals surface area contributed by atoms with Crippen LogP contribution in [0.5, 0.6) is 0 Å². The fourth-order valence-corrected chi connectivity index (χ4v) is 1.51. The van der Waals surface area contributed by atoms with Gasteiger partial charge >= 0.3 is 5.97 Å². The molecule has 6 nitrogen and oxygen atoms in total. The second-order valence-electron chi connectivity index (χ2n) is 4.23. The summed E-state index contributed by atoms with van der Waals surface area (Å²) in [6.07, 6.45) is 0.948. The molecule has 0 radical (unpaired) electrons. The van der Waals surface area contributed by atoms with Crippen LogP contribution >= 0.6 is 0 Å². The van der Waals surface area contributed by atoms with E-state index < -0.39 is 0 Å². The second kappa shape index (κ2) is 11.9. The number of hydrogen-bond acceptors (Lipinski definition) is 5. The number of nitrogens with zero attached hydrogens (tertiary/aromatic N) is 1. The molecule has 0 aromatic heterocycles. The van der Waals surface area contributed by atoms with Crippen LogP contribution in [0.3, 0.4) is 0 Å². The van der Waals surface area contributed by atoms with E-state index in [1.807, 2.05) is 0 Å². The van der Waals surface area contributed by atoms with Crippen molar-refractivity contribution < 1.29 is 19.1 Å². The molecule has 0 saturated heterocycles. The molecule has 0 heterocycles. The van der Waals surface area contributed by atoms with E-state index in [0.717, 1.165) is 19.6 Å². The van der Waals surface area contributed by atoms with E-state index in [9.17, 15) is 9.59 Å². The molecule has 1 amide bonds. The Morgan fingerprint density at radius 1 is 1.21 bits per heavy atom. The average molecular weight is 274 g/mol. The van der Waals surface area contributed by atoms with Gasteiger partial charge in [0.15, 0.2) is 0 Å². The third kappa shape index (κ3) is 11.7. The molecule has 0 rings (SSSR count). The van der Waals surface area contributed by atoms with E-state index in [2.05, 4.69) is 17.1 Å². The zero-order valence-corrected chi connectivity index (χ0v) is 12.2. The van der Waals surface area contributed by atoms with Crippen molar-refractivity contribution in [2.45, 2.75) is 26.7 Å². The van der Waals surface area contributed by atoms with Gasteiger partial charge in [-0.25, -0.2) is 0 Å². The monoisotopic (exact) mass is 274 g/mol. The first-order chi connectivity index (χ1) is 9.10. The molecule has 19 heavy (non-hydrogen) atoms. The quantitative estimate of drug-likeness (QED) is 0.437. The minimum absolute atomic E-state index is 0.0786. The van der Waals surface area contributed by atoms with Crippen LogP contribution in [-0.4, -0.2) is 63.3 Å². The summed E-state index contributed by atoms with van der Waals surface area (Å²) in [5.41, 5.74) is 0. The molecular formula is C13H26N2O4. The highest BCUT2D eigenvalue weighted by Gasteiger charge is 2.05. The summed E-state index contributed by atoms with van der Waals surface area (Å²) in [7, 11) is 1.67. The fourth-order valence-electron chi connectivity index (χ4n) is 1.51. The largest absolute Gasteiger partial charge is 0.464 e. The Labute approximate surface area is 115 Å². The zero-order valence-electron chi connectivity index (χ0n) is 12.2. The number of methoxy groups -OCH3 is 1. The molecule has 0 fully saturated rings. The SMILES string of the molecule is CCN(CCOC)CCOC(=O)CCCNC(C)=O. The smallest absolute Gasteiger partial charge is 0.305 e. The molecule has 0 spiro atoms. The lowest BCUT2D eigenvalue weighted by molar-refractivity contribution is -0.144. The van der Waals surface area contributed by atoms with Gasteiger partial charge in [-0.2, -0.15) is 0 Å². The molecule has 112 valence electrons. The predicted octanol–water partition coefficient (Wildman–Crippen LogP) is 0.414. The van der Waals surface area contributed by atoms with Crippen LogP contribution in [0.15, 0.2) is 0 Å². The highest BCUT2D eigenvalue weighted by atomic mass is 16.5. The maximum atomic E-state index is 11.4. The van der Waals surface area contributed by atoms with Crippen molar-refractivity contribution in [3.05, 3.63) is 0 Å². The van der Waals surface area contributed by atoms with Gasteiger partial charge in [0.25, 0.3) is 0 Å². The minimum atomic E-state index is -0.215. The van der Waals surface area contributed by atoms with Gasteiger partial charge in [0, 0.05) is 40.1 Å². The first-order valence-corrected chi connectivity index (χ1v) is 6.71. The topological polar surface area (TPSA) is 67.9 Å². The van der Waals surface area contributed by atoms with E-state index in [1.54, 1.807) is 7.11 Å². The summed E-state index contributed by atoms with van der Waals surface area (Å²) in [6, 6.07) is 0. The van der Waals surface area contributed by atoms with Crippen molar-refractivity contribution in [3.63, 3.8) is 0 Å². The molecule has 0 bridgehead atoms. The van der Waals surface area contributed by atoms with Crippen molar-refractivity contribution >= 4 is 11.9 Å². The summed E-state index contributed by atoms with van der Waals surface area (Å²) in [4.78, 5) is 24.2. The third-order valence-electron chi connectivity index (χ3n) is 2.66. The molecule has 1 N–H and O–H groups in total. The normalized spacial score (nSPS) is 10.5.